The van der Waals surface area contributed by atoms with E-state index >= 15 is 0 Å². The van der Waals surface area contributed by atoms with E-state index < -0.39 is 0 Å². The molecule has 0 heterocycles. The Hall–Kier alpha value is -2.06. The number of hydrogen-bond donors (Lipinski definition) is 0. The van der Waals surface area contributed by atoms with Crippen molar-refractivity contribution in [2.24, 2.45) is 0 Å². The first-order chi connectivity index (χ1) is 10.2. The van der Waals surface area contributed by atoms with E-state index in [0.717, 1.165) is 24.2 Å². The van der Waals surface area contributed by atoms with Crippen molar-refractivity contribution in [3.63, 3.8) is 0 Å². The summed E-state index contributed by atoms with van der Waals surface area (Å²) in [6, 6.07) is 10.2. The Morgan fingerprint density at radius 3 is 2.76 bits per heavy atom. The Bertz CT molecular complexity index is 535. The van der Waals surface area contributed by atoms with Gasteiger partial charge in [0.25, 0.3) is 0 Å². The lowest BCUT2D eigenvalue weighted by Crippen LogP contribution is -2.39. The van der Waals surface area contributed by atoms with Crippen LogP contribution in [-0.2, 0) is 11.3 Å². The van der Waals surface area contributed by atoms with E-state index in [-0.39, 0.29) is 5.91 Å². The fourth-order valence-corrected chi connectivity index (χ4v) is 2.32. The number of likely N-dealkylation sites (N-methyl/N-ethyl adjacent to an activating group) is 1. The summed E-state index contributed by atoms with van der Waals surface area (Å²) in [4.78, 5) is 15.9. The smallest absolute Gasteiger partial charge is 0.236 e. The van der Waals surface area contributed by atoms with E-state index in [2.05, 4.69) is 6.07 Å². The average Bonchev–Trinajstić information content (AvgIpc) is 3.31. The Morgan fingerprint density at radius 1 is 1.43 bits per heavy atom. The van der Waals surface area contributed by atoms with Crippen molar-refractivity contribution in [1.29, 1.82) is 5.26 Å². The van der Waals surface area contributed by atoms with Gasteiger partial charge in [-0.1, -0.05) is 18.2 Å². The zero-order chi connectivity index (χ0) is 15.2. The number of hydrogen-bond acceptors (Lipinski definition) is 4. The molecule has 0 radical (unpaired) electrons. The van der Waals surface area contributed by atoms with E-state index in [1.165, 1.54) is 0 Å². The highest BCUT2D eigenvalue weighted by Crippen LogP contribution is 2.26. The third-order valence-corrected chi connectivity index (χ3v) is 3.70. The fourth-order valence-electron chi connectivity index (χ4n) is 2.32. The number of rotatable bonds is 7. The van der Waals surface area contributed by atoms with E-state index in [0.29, 0.717) is 25.7 Å². The molecule has 1 aromatic carbocycles. The molecule has 5 heteroatoms. The zero-order valence-electron chi connectivity index (χ0n) is 12.6. The second-order valence-corrected chi connectivity index (χ2v) is 5.36. The number of amides is 1. The SMILES string of the molecule is COc1ccccc1CN(C)C(=O)CN(CC#N)C1CC1. The third-order valence-electron chi connectivity index (χ3n) is 3.70. The molecule has 0 aliphatic heterocycles. The van der Waals surface area contributed by atoms with Crippen LogP contribution in [0.3, 0.4) is 0 Å². The minimum Gasteiger partial charge on any atom is -0.496 e. The van der Waals surface area contributed by atoms with Crippen LogP contribution in [0.2, 0.25) is 0 Å². The maximum Gasteiger partial charge on any atom is 0.236 e. The number of methoxy groups -OCH3 is 1. The Labute approximate surface area is 125 Å². The van der Waals surface area contributed by atoms with Gasteiger partial charge in [0.2, 0.25) is 5.91 Å². The summed E-state index contributed by atoms with van der Waals surface area (Å²) >= 11 is 0. The van der Waals surface area contributed by atoms with Gasteiger partial charge in [-0.05, 0) is 18.9 Å². The van der Waals surface area contributed by atoms with Crippen LogP contribution in [0.5, 0.6) is 5.75 Å². The molecule has 0 atom stereocenters. The van der Waals surface area contributed by atoms with Crippen molar-refractivity contribution < 1.29 is 9.53 Å². The van der Waals surface area contributed by atoms with Gasteiger partial charge in [-0.15, -0.1) is 0 Å². The van der Waals surface area contributed by atoms with Crippen molar-refractivity contribution in [3.8, 4) is 11.8 Å². The van der Waals surface area contributed by atoms with Gasteiger partial charge in [-0.2, -0.15) is 5.26 Å². The van der Waals surface area contributed by atoms with E-state index in [1.807, 2.05) is 29.2 Å². The standard InChI is InChI=1S/C16H21N3O2/c1-18(11-13-5-3-4-6-15(13)21-2)16(20)12-19(10-9-17)14-7-8-14/h3-6,14H,7-8,10-12H2,1-2H3. The van der Waals surface area contributed by atoms with Crippen LogP contribution in [0.15, 0.2) is 24.3 Å². The maximum absolute atomic E-state index is 12.3. The minimum absolute atomic E-state index is 0.0306. The van der Waals surface area contributed by atoms with Crippen LogP contribution in [0.4, 0.5) is 0 Å². The van der Waals surface area contributed by atoms with Crippen molar-refractivity contribution in [2.45, 2.75) is 25.4 Å². The van der Waals surface area contributed by atoms with Gasteiger partial charge in [0.1, 0.15) is 5.75 Å². The molecule has 1 aliphatic rings. The van der Waals surface area contributed by atoms with Crippen LogP contribution >= 0.6 is 0 Å². The molecular formula is C16H21N3O2. The van der Waals surface area contributed by atoms with Gasteiger partial charge < -0.3 is 9.64 Å². The molecule has 1 amide bonds. The number of nitriles is 1. The van der Waals surface area contributed by atoms with Gasteiger partial charge in [-0.25, -0.2) is 0 Å². The number of benzene rings is 1. The fraction of sp³-hybridized carbons (Fsp3) is 0.500. The molecule has 2 rings (SSSR count). The largest absolute Gasteiger partial charge is 0.496 e. The summed E-state index contributed by atoms with van der Waals surface area (Å²) < 4.78 is 5.30. The molecule has 0 unspecified atom stereocenters. The molecule has 1 fully saturated rings. The van der Waals surface area contributed by atoms with Gasteiger partial charge in [0.15, 0.2) is 0 Å². The first-order valence-corrected chi connectivity index (χ1v) is 7.12. The normalized spacial score (nSPS) is 13.8. The van der Waals surface area contributed by atoms with Gasteiger partial charge in [-0.3, -0.25) is 9.69 Å². The number of para-hydroxylation sites is 1. The average molecular weight is 287 g/mol. The van der Waals surface area contributed by atoms with Crippen LogP contribution in [0.1, 0.15) is 18.4 Å². The monoisotopic (exact) mass is 287 g/mol. The first-order valence-electron chi connectivity index (χ1n) is 7.12. The van der Waals surface area contributed by atoms with Crippen molar-refractivity contribution in [2.75, 3.05) is 27.2 Å². The number of carbonyl (C=O) groups is 1. The van der Waals surface area contributed by atoms with Gasteiger partial charge in [0, 0.05) is 25.2 Å². The second-order valence-electron chi connectivity index (χ2n) is 5.36. The molecule has 0 N–H and O–H groups in total. The number of ether oxygens (including phenoxy) is 1. The topological polar surface area (TPSA) is 56.6 Å². The molecular weight excluding hydrogens is 266 g/mol. The van der Waals surface area contributed by atoms with Crippen LogP contribution in [0.25, 0.3) is 0 Å². The Morgan fingerprint density at radius 2 is 2.14 bits per heavy atom. The summed E-state index contributed by atoms with van der Waals surface area (Å²) in [5.74, 6) is 0.816. The van der Waals surface area contributed by atoms with Crippen molar-refractivity contribution in [3.05, 3.63) is 29.8 Å². The number of nitrogens with zero attached hydrogens (tertiary/aromatic N) is 3. The van der Waals surface area contributed by atoms with E-state index in [1.54, 1.807) is 19.1 Å². The number of carbonyl (C=O) groups excluding carboxylic acids is 1. The first kappa shape index (κ1) is 15.3. The second kappa shape index (κ2) is 7.09. The Kier molecular flexibility index (Phi) is 5.18. The summed E-state index contributed by atoms with van der Waals surface area (Å²) in [5, 5.41) is 8.84. The van der Waals surface area contributed by atoms with Crippen LogP contribution in [0, 0.1) is 11.3 Å². The maximum atomic E-state index is 12.3. The zero-order valence-corrected chi connectivity index (χ0v) is 12.6. The van der Waals surface area contributed by atoms with Gasteiger partial charge >= 0.3 is 0 Å². The molecule has 21 heavy (non-hydrogen) atoms. The molecule has 0 spiro atoms. The van der Waals surface area contributed by atoms with Crippen LogP contribution in [-0.4, -0.2) is 49.0 Å². The highest BCUT2D eigenvalue weighted by Gasteiger charge is 2.30. The molecule has 0 saturated heterocycles. The summed E-state index contributed by atoms with van der Waals surface area (Å²) in [7, 11) is 3.41. The van der Waals surface area contributed by atoms with Crippen LogP contribution < -0.4 is 4.74 Å². The highest BCUT2D eigenvalue weighted by molar-refractivity contribution is 5.78. The van der Waals surface area contributed by atoms with E-state index in [4.69, 9.17) is 10.00 Å². The molecule has 5 nitrogen and oxygen atoms in total. The summed E-state index contributed by atoms with van der Waals surface area (Å²) in [6.45, 7) is 1.14. The molecule has 1 aromatic rings. The lowest BCUT2D eigenvalue weighted by molar-refractivity contribution is -0.131. The predicted molar refractivity (Wildman–Crippen MR) is 79.7 cm³/mol. The highest BCUT2D eigenvalue weighted by atomic mass is 16.5. The lowest BCUT2D eigenvalue weighted by atomic mass is 10.2. The van der Waals surface area contributed by atoms with Crippen molar-refractivity contribution >= 4 is 5.91 Å². The third kappa shape index (κ3) is 4.20. The minimum atomic E-state index is 0.0306. The molecule has 112 valence electrons. The Balaban J connectivity index is 1.94. The van der Waals surface area contributed by atoms with Crippen molar-refractivity contribution in [1.82, 2.24) is 9.80 Å². The summed E-state index contributed by atoms with van der Waals surface area (Å²) in [6.07, 6.45) is 2.18. The predicted octanol–water partition coefficient (Wildman–Crippen LogP) is 1.64. The summed E-state index contributed by atoms with van der Waals surface area (Å²) in [5.41, 5.74) is 0.981. The molecule has 0 bridgehead atoms. The van der Waals surface area contributed by atoms with E-state index in [9.17, 15) is 4.79 Å². The molecule has 1 aliphatic carbocycles. The van der Waals surface area contributed by atoms with Gasteiger partial charge in [0.05, 0.1) is 26.3 Å². The lowest BCUT2D eigenvalue weighted by Gasteiger charge is -2.23. The molecule has 0 aromatic heterocycles. The quantitative estimate of drug-likeness (QED) is 0.715. The molecule has 1 saturated carbocycles.